The summed E-state index contributed by atoms with van der Waals surface area (Å²) >= 11 is 7.77. The number of amides is 1. The molecule has 1 fully saturated rings. The number of anilines is 1. The van der Waals surface area contributed by atoms with Crippen LogP contribution in [0.4, 0.5) is 5.13 Å². The molecule has 0 bridgehead atoms. The lowest BCUT2D eigenvalue weighted by Gasteiger charge is -2.34. The lowest BCUT2D eigenvalue weighted by Crippen LogP contribution is -2.48. The molecular weight excluding hydrogens is 566 g/mol. The number of rotatable bonds is 7. The summed E-state index contributed by atoms with van der Waals surface area (Å²) in [4.78, 5) is 22.3. The molecule has 3 heterocycles. The highest BCUT2D eigenvalue weighted by Crippen LogP contribution is 2.31. The van der Waals surface area contributed by atoms with Gasteiger partial charge in [0, 0.05) is 62.9 Å². The molecule has 1 N–H and O–H groups in total. The van der Waals surface area contributed by atoms with E-state index in [9.17, 15) is 13.2 Å². The van der Waals surface area contributed by atoms with E-state index in [-0.39, 0.29) is 10.8 Å². The van der Waals surface area contributed by atoms with Crippen LogP contribution in [0.5, 0.6) is 0 Å². The first kappa shape index (κ1) is 27.2. The van der Waals surface area contributed by atoms with Crippen molar-refractivity contribution in [1.29, 1.82) is 0 Å². The minimum absolute atomic E-state index is 0.206. The minimum atomic E-state index is -3.63. The number of halogens is 1. The number of carbonyl (C=O) groups is 1. The van der Waals surface area contributed by atoms with Crippen molar-refractivity contribution < 1.29 is 13.2 Å². The van der Waals surface area contributed by atoms with Crippen LogP contribution >= 0.6 is 22.9 Å². The second-order valence-corrected chi connectivity index (χ2v) is 13.5. The van der Waals surface area contributed by atoms with Crippen LogP contribution in [-0.4, -0.2) is 74.3 Å². The third-order valence-corrected chi connectivity index (χ3v) is 10.7. The number of nitrogens with zero attached hydrogens (tertiary/aromatic N) is 4. The molecule has 208 valence electrons. The average molecular weight is 596 g/mol. The summed E-state index contributed by atoms with van der Waals surface area (Å²) in [5.74, 6) is -0.206. The highest BCUT2D eigenvalue weighted by molar-refractivity contribution is 7.89. The van der Waals surface area contributed by atoms with Gasteiger partial charge in [0.2, 0.25) is 10.0 Å². The van der Waals surface area contributed by atoms with Gasteiger partial charge in [0.1, 0.15) is 0 Å². The molecule has 0 saturated carbocycles. The largest absolute Gasteiger partial charge is 0.351 e. The summed E-state index contributed by atoms with van der Waals surface area (Å²) in [7, 11) is -3.63. The molecule has 0 aliphatic carbocycles. The minimum Gasteiger partial charge on any atom is -0.351 e. The molecule has 4 aromatic rings. The maximum absolute atomic E-state index is 13.2. The average Bonchev–Trinajstić information content (AvgIpc) is 3.40. The summed E-state index contributed by atoms with van der Waals surface area (Å²) in [6.45, 7) is 5.61. The zero-order valence-corrected chi connectivity index (χ0v) is 24.3. The number of hydrogen-bond donors (Lipinski definition) is 1. The van der Waals surface area contributed by atoms with E-state index < -0.39 is 10.0 Å². The Hall–Kier alpha value is -3.02. The zero-order chi connectivity index (χ0) is 27.7. The fourth-order valence-corrected chi connectivity index (χ4v) is 7.93. The van der Waals surface area contributed by atoms with E-state index in [4.69, 9.17) is 16.6 Å². The van der Waals surface area contributed by atoms with E-state index in [2.05, 4.69) is 15.1 Å². The van der Waals surface area contributed by atoms with Gasteiger partial charge in [-0.3, -0.25) is 9.69 Å². The van der Waals surface area contributed by atoms with Crippen LogP contribution in [0.25, 0.3) is 10.2 Å². The van der Waals surface area contributed by atoms with E-state index >= 15 is 0 Å². The maximum Gasteiger partial charge on any atom is 0.251 e. The van der Waals surface area contributed by atoms with Crippen molar-refractivity contribution in [3.63, 3.8) is 0 Å². The summed E-state index contributed by atoms with van der Waals surface area (Å²) in [6, 6.07) is 19.9. The maximum atomic E-state index is 13.2. The molecule has 8 nitrogen and oxygen atoms in total. The van der Waals surface area contributed by atoms with Crippen molar-refractivity contribution >= 4 is 54.2 Å². The van der Waals surface area contributed by atoms with Gasteiger partial charge in [0.15, 0.2) is 5.13 Å². The molecule has 1 saturated heterocycles. The molecule has 2 aliphatic heterocycles. The molecule has 40 heavy (non-hydrogen) atoms. The summed E-state index contributed by atoms with van der Waals surface area (Å²) in [5.41, 5.74) is 3.65. The predicted molar refractivity (Wildman–Crippen MR) is 160 cm³/mol. The highest BCUT2D eigenvalue weighted by Gasteiger charge is 2.28. The van der Waals surface area contributed by atoms with Crippen LogP contribution in [0.15, 0.2) is 71.6 Å². The lowest BCUT2D eigenvalue weighted by atomic mass is 10.0. The molecule has 0 unspecified atom stereocenters. The number of thiazole rings is 1. The fraction of sp³-hybridized carbons (Fsp3) is 0.310. The first-order valence-electron chi connectivity index (χ1n) is 13.4. The van der Waals surface area contributed by atoms with Crippen LogP contribution < -0.4 is 10.2 Å². The summed E-state index contributed by atoms with van der Waals surface area (Å²) in [6.07, 6.45) is 0.697. The third-order valence-electron chi connectivity index (χ3n) is 7.55. The van der Waals surface area contributed by atoms with Crippen LogP contribution in [0.3, 0.4) is 0 Å². The zero-order valence-electron chi connectivity index (χ0n) is 21.9. The Bertz CT molecular complexity index is 1630. The second-order valence-electron chi connectivity index (χ2n) is 10.1. The van der Waals surface area contributed by atoms with Gasteiger partial charge in [-0.2, -0.15) is 4.31 Å². The normalized spacial score (nSPS) is 16.7. The first-order chi connectivity index (χ1) is 19.4. The molecule has 6 rings (SSSR count). The number of aromatic nitrogens is 1. The number of fused-ring (bicyclic) bond motifs is 2. The molecule has 0 spiro atoms. The summed E-state index contributed by atoms with van der Waals surface area (Å²) < 4.78 is 29.0. The quantitative estimate of drug-likeness (QED) is 0.344. The number of sulfonamides is 1. The van der Waals surface area contributed by atoms with Crippen LogP contribution in [-0.2, 0) is 23.0 Å². The number of piperazine rings is 1. The van der Waals surface area contributed by atoms with E-state index in [0.717, 1.165) is 58.7 Å². The molecule has 0 atom stereocenters. The van der Waals surface area contributed by atoms with Crippen molar-refractivity contribution in [2.75, 3.05) is 50.7 Å². The summed E-state index contributed by atoms with van der Waals surface area (Å²) in [5, 5.41) is 4.70. The third kappa shape index (κ3) is 5.73. The van der Waals surface area contributed by atoms with E-state index in [1.165, 1.54) is 22.0 Å². The van der Waals surface area contributed by atoms with Gasteiger partial charge in [-0.15, -0.1) is 0 Å². The Morgan fingerprint density at radius 3 is 2.48 bits per heavy atom. The first-order valence-corrected chi connectivity index (χ1v) is 16.0. The Kier molecular flexibility index (Phi) is 7.78. The molecule has 11 heteroatoms. The lowest BCUT2D eigenvalue weighted by molar-refractivity contribution is 0.0947. The van der Waals surface area contributed by atoms with E-state index in [0.29, 0.717) is 31.6 Å². The standard InChI is InChI=1S/C29H30ClN5O3S2/c30-24-7-10-26-27(19-24)39-29(32-26)34-17-15-33(16-18-34)14-12-31-28(36)22-5-8-25(9-6-22)40(37,38)35-13-11-21-3-1-2-4-23(21)20-35/h1-10,19H,11-18,20H2,(H,31,36). The molecule has 0 radical (unpaired) electrons. The number of hydrogen-bond acceptors (Lipinski definition) is 7. The molecule has 1 amide bonds. The van der Waals surface area contributed by atoms with E-state index in [1.807, 2.05) is 42.5 Å². The second kappa shape index (κ2) is 11.5. The number of benzene rings is 3. The van der Waals surface area contributed by atoms with Crippen molar-refractivity contribution in [3.8, 4) is 0 Å². The van der Waals surface area contributed by atoms with Gasteiger partial charge in [-0.1, -0.05) is 47.2 Å². The van der Waals surface area contributed by atoms with Gasteiger partial charge in [-0.05, 0) is 60.0 Å². The van der Waals surface area contributed by atoms with Crippen molar-refractivity contribution in [1.82, 2.24) is 19.5 Å². The Balaban J connectivity index is 0.978. The fourth-order valence-electron chi connectivity index (χ4n) is 5.22. The molecular formula is C29H30ClN5O3S2. The van der Waals surface area contributed by atoms with Gasteiger partial charge in [-0.25, -0.2) is 13.4 Å². The van der Waals surface area contributed by atoms with Crippen LogP contribution in [0.2, 0.25) is 5.02 Å². The predicted octanol–water partition coefficient (Wildman–Crippen LogP) is 4.25. The van der Waals surface area contributed by atoms with Gasteiger partial charge >= 0.3 is 0 Å². The van der Waals surface area contributed by atoms with Crippen LogP contribution in [0, 0.1) is 0 Å². The topological polar surface area (TPSA) is 85.9 Å². The Labute approximate surface area is 243 Å². The van der Waals surface area contributed by atoms with Crippen molar-refractivity contribution in [2.45, 2.75) is 17.9 Å². The van der Waals surface area contributed by atoms with E-state index in [1.54, 1.807) is 23.5 Å². The highest BCUT2D eigenvalue weighted by atomic mass is 35.5. The Morgan fingerprint density at radius 1 is 0.950 bits per heavy atom. The molecule has 1 aromatic heterocycles. The molecule has 3 aromatic carbocycles. The van der Waals surface area contributed by atoms with Crippen molar-refractivity contribution in [3.05, 3.63) is 88.4 Å². The number of carbonyl (C=O) groups excluding carboxylic acids is 1. The van der Waals surface area contributed by atoms with Gasteiger partial charge < -0.3 is 10.2 Å². The van der Waals surface area contributed by atoms with Crippen molar-refractivity contribution in [2.24, 2.45) is 0 Å². The molecule has 2 aliphatic rings. The Morgan fingerprint density at radius 2 is 1.70 bits per heavy atom. The van der Waals surface area contributed by atoms with Gasteiger partial charge in [0.05, 0.1) is 15.1 Å². The van der Waals surface area contributed by atoms with Gasteiger partial charge in [0.25, 0.3) is 5.91 Å². The van der Waals surface area contributed by atoms with Crippen LogP contribution in [0.1, 0.15) is 21.5 Å². The number of nitrogens with one attached hydrogen (secondary N) is 1. The monoisotopic (exact) mass is 595 g/mol. The smallest absolute Gasteiger partial charge is 0.251 e. The SMILES string of the molecule is O=C(NCCN1CCN(c2nc3ccc(Cl)cc3s2)CC1)c1ccc(S(=O)(=O)N2CCc3ccccc3C2)cc1.